The van der Waals surface area contributed by atoms with E-state index in [1.807, 2.05) is 26.0 Å². The summed E-state index contributed by atoms with van der Waals surface area (Å²) >= 11 is 1.66. The molecule has 1 aliphatic carbocycles. The van der Waals surface area contributed by atoms with Crippen molar-refractivity contribution >= 4 is 17.2 Å². The van der Waals surface area contributed by atoms with Gasteiger partial charge in [0.15, 0.2) is 0 Å². The van der Waals surface area contributed by atoms with Gasteiger partial charge in [0.2, 0.25) is 5.91 Å². The zero-order valence-electron chi connectivity index (χ0n) is 19.7. The zero-order valence-corrected chi connectivity index (χ0v) is 20.5. The van der Waals surface area contributed by atoms with Gasteiger partial charge >= 0.3 is 0 Å². The molecule has 0 aliphatic heterocycles. The van der Waals surface area contributed by atoms with E-state index in [0.717, 1.165) is 58.1 Å². The fourth-order valence-electron chi connectivity index (χ4n) is 4.25. The maximum atomic E-state index is 12.3. The number of rotatable bonds is 7. The molecule has 0 spiro atoms. The summed E-state index contributed by atoms with van der Waals surface area (Å²) in [5.74, 6) is 1.36. The molecule has 1 amide bonds. The average molecular weight is 466 g/mol. The maximum Gasteiger partial charge on any atom is 0.248 e. The molecule has 1 aliphatic rings. The molecule has 0 N–H and O–H groups in total. The number of nitrogens with zero attached hydrogens (tertiary/aromatic N) is 3. The van der Waals surface area contributed by atoms with Crippen LogP contribution in [0.2, 0.25) is 0 Å². The summed E-state index contributed by atoms with van der Waals surface area (Å²) in [7, 11) is 3.20. The number of amides is 1. The van der Waals surface area contributed by atoms with Gasteiger partial charge in [-0.3, -0.25) is 9.63 Å². The van der Waals surface area contributed by atoms with Gasteiger partial charge < -0.3 is 4.74 Å². The molecule has 174 valence electrons. The van der Waals surface area contributed by atoms with E-state index in [9.17, 15) is 4.79 Å². The van der Waals surface area contributed by atoms with Crippen molar-refractivity contribution in [1.29, 1.82) is 0 Å². The molecule has 0 unspecified atom stereocenters. The van der Waals surface area contributed by atoms with E-state index in [4.69, 9.17) is 9.57 Å². The van der Waals surface area contributed by atoms with Gasteiger partial charge in [-0.2, -0.15) is 0 Å². The van der Waals surface area contributed by atoms with E-state index < -0.39 is 0 Å². The van der Waals surface area contributed by atoms with Crippen LogP contribution in [0.25, 0.3) is 21.7 Å². The standard InChI is InChI=1S/C26H31N3O3S/c1-17(2)32-23-15-13-19(14-16-23)18-5-7-20(8-6-18)24-27-28-25(33-24)21-9-11-22(12-10-21)26(30)29(3)31-4/h5-8,13-17,21-22H,9-12H2,1-4H3. The van der Waals surface area contributed by atoms with Crippen molar-refractivity contribution in [1.82, 2.24) is 15.3 Å². The third kappa shape index (κ3) is 5.60. The molecule has 0 atom stereocenters. The minimum Gasteiger partial charge on any atom is -0.491 e. The van der Waals surface area contributed by atoms with Gasteiger partial charge in [-0.15, -0.1) is 10.2 Å². The van der Waals surface area contributed by atoms with Crippen molar-refractivity contribution < 1.29 is 14.4 Å². The number of hydrogen-bond acceptors (Lipinski definition) is 6. The molecule has 4 rings (SSSR count). The van der Waals surface area contributed by atoms with Gasteiger partial charge in [-0.1, -0.05) is 47.7 Å². The zero-order chi connectivity index (χ0) is 23.4. The Morgan fingerprint density at radius 3 is 2.09 bits per heavy atom. The molecule has 0 bridgehead atoms. The largest absolute Gasteiger partial charge is 0.491 e. The van der Waals surface area contributed by atoms with Crippen LogP contribution >= 0.6 is 11.3 Å². The smallest absolute Gasteiger partial charge is 0.248 e. The summed E-state index contributed by atoms with van der Waals surface area (Å²) in [4.78, 5) is 17.4. The second-order valence-corrected chi connectivity index (χ2v) is 9.79. The molecule has 0 saturated heterocycles. The number of aromatic nitrogens is 2. The number of benzene rings is 2. The normalized spacial score (nSPS) is 18.3. The second-order valence-electron chi connectivity index (χ2n) is 8.78. The van der Waals surface area contributed by atoms with Crippen molar-refractivity contribution in [3.05, 3.63) is 53.5 Å². The third-order valence-corrected chi connectivity index (χ3v) is 7.28. The van der Waals surface area contributed by atoms with Crippen LogP contribution in [0, 0.1) is 5.92 Å². The van der Waals surface area contributed by atoms with E-state index in [0.29, 0.717) is 5.92 Å². The first-order valence-electron chi connectivity index (χ1n) is 11.5. The Labute approximate surface area is 199 Å². The molecule has 33 heavy (non-hydrogen) atoms. The van der Waals surface area contributed by atoms with E-state index in [1.54, 1.807) is 18.4 Å². The molecule has 1 fully saturated rings. The van der Waals surface area contributed by atoms with E-state index >= 15 is 0 Å². The number of ether oxygens (including phenoxy) is 1. The summed E-state index contributed by atoms with van der Waals surface area (Å²) in [5, 5.41) is 12.3. The molecule has 2 aromatic carbocycles. The number of hydroxylamine groups is 2. The Balaban J connectivity index is 1.38. The molecular formula is C26H31N3O3S. The first-order chi connectivity index (χ1) is 15.9. The fourth-order valence-corrected chi connectivity index (χ4v) is 5.27. The number of carbonyl (C=O) groups is 1. The lowest BCUT2D eigenvalue weighted by atomic mass is 9.82. The van der Waals surface area contributed by atoms with Gasteiger partial charge in [-0.05, 0) is 62.8 Å². The van der Waals surface area contributed by atoms with Crippen molar-refractivity contribution in [2.24, 2.45) is 5.92 Å². The SMILES string of the molecule is CON(C)C(=O)C1CCC(c2nnc(-c3ccc(-c4ccc(OC(C)C)cc4)cc3)s2)CC1. The number of carbonyl (C=O) groups excluding carboxylic acids is 1. The minimum atomic E-state index is 0.0390. The first kappa shape index (κ1) is 23.4. The average Bonchev–Trinajstić information content (AvgIpc) is 3.34. The molecular weight excluding hydrogens is 434 g/mol. The molecule has 7 heteroatoms. The molecule has 1 saturated carbocycles. The summed E-state index contributed by atoms with van der Waals surface area (Å²) in [6.07, 6.45) is 3.81. The summed E-state index contributed by atoms with van der Waals surface area (Å²) < 4.78 is 5.73. The van der Waals surface area contributed by atoms with Gasteiger partial charge in [0.25, 0.3) is 0 Å². The van der Waals surface area contributed by atoms with Crippen molar-refractivity contribution in [2.45, 2.75) is 51.6 Å². The first-order valence-corrected chi connectivity index (χ1v) is 12.3. The minimum absolute atomic E-state index is 0.0390. The lowest BCUT2D eigenvalue weighted by Crippen LogP contribution is -2.34. The van der Waals surface area contributed by atoms with E-state index in [-0.39, 0.29) is 17.9 Å². The second kappa shape index (κ2) is 10.4. The Morgan fingerprint density at radius 2 is 1.52 bits per heavy atom. The van der Waals surface area contributed by atoms with Crippen LogP contribution in [0.4, 0.5) is 0 Å². The van der Waals surface area contributed by atoms with Crippen molar-refractivity contribution in [3.63, 3.8) is 0 Å². The van der Waals surface area contributed by atoms with Crippen LogP contribution in [0.15, 0.2) is 48.5 Å². The van der Waals surface area contributed by atoms with Gasteiger partial charge in [0.1, 0.15) is 15.8 Å². The van der Waals surface area contributed by atoms with Crippen LogP contribution in [-0.4, -0.2) is 41.4 Å². The van der Waals surface area contributed by atoms with E-state index in [1.165, 1.54) is 12.2 Å². The van der Waals surface area contributed by atoms with Crippen LogP contribution < -0.4 is 4.74 Å². The lowest BCUT2D eigenvalue weighted by molar-refractivity contribution is -0.174. The predicted molar refractivity (Wildman–Crippen MR) is 131 cm³/mol. The molecule has 1 heterocycles. The quantitative estimate of drug-likeness (QED) is 0.403. The monoisotopic (exact) mass is 465 g/mol. The summed E-state index contributed by atoms with van der Waals surface area (Å²) in [6.45, 7) is 4.05. The predicted octanol–water partition coefficient (Wildman–Crippen LogP) is 5.95. The van der Waals surface area contributed by atoms with Crippen LogP contribution in [0.5, 0.6) is 5.75 Å². The topological polar surface area (TPSA) is 64.5 Å². The molecule has 6 nitrogen and oxygen atoms in total. The van der Waals surface area contributed by atoms with Gasteiger partial charge in [-0.25, -0.2) is 5.06 Å². The Morgan fingerprint density at radius 1 is 0.939 bits per heavy atom. The number of hydrogen-bond donors (Lipinski definition) is 0. The Kier molecular flexibility index (Phi) is 7.40. The van der Waals surface area contributed by atoms with Crippen LogP contribution in [0.3, 0.4) is 0 Å². The third-order valence-electron chi connectivity index (χ3n) is 6.14. The highest BCUT2D eigenvalue weighted by Gasteiger charge is 2.30. The van der Waals surface area contributed by atoms with Crippen molar-refractivity contribution in [2.75, 3.05) is 14.2 Å². The van der Waals surface area contributed by atoms with Gasteiger partial charge in [0.05, 0.1) is 13.2 Å². The van der Waals surface area contributed by atoms with Gasteiger partial charge in [0, 0.05) is 24.4 Å². The summed E-state index contributed by atoms with van der Waals surface area (Å²) in [6, 6.07) is 16.6. The summed E-state index contributed by atoms with van der Waals surface area (Å²) in [5.41, 5.74) is 3.39. The fraction of sp³-hybridized carbons (Fsp3) is 0.423. The molecule has 0 radical (unpaired) electrons. The van der Waals surface area contributed by atoms with Crippen LogP contribution in [-0.2, 0) is 9.63 Å². The molecule has 3 aromatic rings. The lowest BCUT2D eigenvalue weighted by Gasteiger charge is -2.28. The van der Waals surface area contributed by atoms with Crippen LogP contribution in [0.1, 0.15) is 50.5 Å². The molecule has 1 aromatic heterocycles. The van der Waals surface area contributed by atoms with Crippen molar-refractivity contribution in [3.8, 4) is 27.4 Å². The maximum absolute atomic E-state index is 12.3. The Hall–Kier alpha value is -2.77. The highest BCUT2D eigenvalue weighted by Crippen LogP contribution is 2.39. The highest BCUT2D eigenvalue weighted by molar-refractivity contribution is 7.14. The highest BCUT2D eigenvalue weighted by atomic mass is 32.1. The van der Waals surface area contributed by atoms with E-state index in [2.05, 4.69) is 46.6 Å². The Bertz CT molecular complexity index is 1060.